The normalized spacial score (nSPS) is 22.1. The SMILES string of the molecule is CN1CCC(c2cccc(CCN)c2)C1. The van der Waals surface area contributed by atoms with Crippen LogP contribution in [-0.2, 0) is 6.42 Å². The first-order valence-corrected chi connectivity index (χ1v) is 5.77. The summed E-state index contributed by atoms with van der Waals surface area (Å²) in [6, 6.07) is 8.92. The lowest BCUT2D eigenvalue weighted by atomic mass is 9.96. The van der Waals surface area contributed by atoms with Gasteiger partial charge in [0, 0.05) is 6.54 Å². The molecule has 0 aromatic heterocycles. The Morgan fingerprint density at radius 3 is 3.00 bits per heavy atom. The first-order chi connectivity index (χ1) is 7.29. The molecule has 0 aliphatic carbocycles. The van der Waals surface area contributed by atoms with Gasteiger partial charge >= 0.3 is 0 Å². The monoisotopic (exact) mass is 204 g/mol. The Labute approximate surface area is 92.1 Å². The predicted molar refractivity (Wildman–Crippen MR) is 64.1 cm³/mol. The summed E-state index contributed by atoms with van der Waals surface area (Å²) in [6.45, 7) is 3.17. The molecular weight excluding hydrogens is 184 g/mol. The molecule has 1 unspecified atom stereocenters. The average Bonchev–Trinajstić information content (AvgIpc) is 2.66. The quantitative estimate of drug-likeness (QED) is 0.810. The molecule has 82 valence electrons. The maximum absolute atomic E-state index is 5.58. The van der Waals surface area contributed by atoms with E-state index in [1.165, 1.54) is 30.6 Å². The second-order valence-electron chi connectivity index (χ2n) is 4.53. The molecule has 0 radical (unpaired) electrons. The minimum Gasteiger partial charge on any atom is -0.330 e. The maximum atomic E-state index is 5.58. The van der Waals surface area contributed by atoms with Crippen LogP contribution in [0.2, 0.25) is 0 Å². The predicted octanol–water partition coefficient (Wildman–Crippen LogP) is 1.61. The Hall–Kier alpha value is -0.860. The molecule has 2 nitrogen and oxygen atoms in total. The van der Waals surface area contributed by atoms with Crippen LogP contribution in [0.15, 0.2) is 24.3 Å². The Morgan fingerprint density at radius 1 is 1.47 bits per heavy atom. The highest BCUT2D eigenvalue weighted by atomic mass is 15.1. The van der Waals surface area contributed by atoms with Crippen LogP contribution >= 0.6 is 0 Å². The van der Waals surface area contributed by atoms with Gasteiger partial charge < -0.3 is 10.6 Å². The number of likely N-dealkylation sites (tertiary alicyclic amines) is 1. The molecule has 15 heavy (non-hydrogen) atoms. The molecule has 1 saturated heterocycles. The largest absolute Gasteiger partial charge is 0.330 e. The van der Waals surface area contributed by atoms with Gasteiger partial charge in [0.1, 0.15) is 0 Å². The molecule has 2 N–H and O–H groups in total. The molecule has 1 heterocycles. The van der Waals surface area contributed by atoms with Crippen LogP contribution in [0.25, 0.3) is 0 Å². The second-order valence-corrected chi connectivity index (χ2v) is 4.53. The topological polar surface area (TPSA) is 29.3 Å². The van der Waals surface area contributed by atoms with Gasteiger partial charge in [-0.15, -0.1) is 0 Å². The number of nitrogens with two attached hydrogens (primary N) is 1. The number of benzene rings is 1. The van der Waals surface area contributed by atoms with Crippen LogP contribution in [0.4, 0.5) is 0 Å². The van der Waals surface area contributed by atoms with E-state index < -0.39 is 0 Å². The van der Waals surface area contributed by atoms with Gasteiger partial charge in [-0.1, -0.05) is 24.3 Å². The van der Waals surface area contributed by atoms with Gasteiger partial charge in [0.25, 0.3) is 0 Å². The fourth-order valence-corrected chi connectivity index (χ4v) is 2.38. The van der Waals surface area contributed by atoms with Crippen LogP contribution in [0.1, 0.15) is 23.5 Å². The molecule has 0 bridgehead atoms. The number of nitrogens with zero attached hydrogens (tertiary/aromatic N) is 1. The van der Waals surface area contributed by atoms with Gasteiger partial charge in [-0.05, 0) is 50.0 Å². The summed E-state index contributed by atoms with van der Waals surface area (Å²) in [6.07, 6.45) is 2.29. The van der Waals surface area contributed by atoms with Crippen molar-refractivity contribution in [2.45, 2.75) is 18.8 Å². The summed E-state index contributed by atoms with van der Waals surface area (Å²) in [5, 5.41) is 0. The zero-order chi connectivity index (χ0) is 10.7. The molecule has 0 amide bonds. The first-order valence-electron chi connectivity index (χ1n) is 5.77. The van der Waals surface area contributed by atoms with E-state index in [1.54, 1.807) is 0 Å². The number of hydrogen-bond donors (Lipinski definition) is 1. The summed E-state index contributed by atoms with van der Waals surface area (Å²) >= 11 is 0. The van der Waals surface area contributed by atoms with Crippen molar-refractivity contribution in [1.29, 1.82) is 0 Å². The van der Waals surface area contributed by atoms with Crippen molar-refractivity contribution in [2.24, 2.45) is 5.73 Å². The zero-order valence-corrected chi connectivity index (χ0v) is 9.45. The van der Waals surface area contributed by atoms with Crippen LogP contribution in [0.5, 0.6) is 0 Å². The van der Waals surface area contributed by atoms with E-state index in [9.17, 15) is 0 Å². The minimum atomic E-state index is 0.729. The molecule has 1 aromatic rings. The second kappa shape index (κ2) is 4.77. The molecule has 1 fully saturated rings. The lowest BCUT2D eigenvalue weighted by molar-refractivity contribution is 0.411. The third-order valence-corrected chi connectivity index (χ3v) is 3.25. The summed E-state index contributed by atoms with van der Waals surface area (Å²) in [5.41, 5.74) is 8.45. The van der Waals surface area contributed by atoms with Gasteiger partial charge in [0.15, 0.2) is 0 Å². The summed E-state index contributed by atoms with van der Waals surface area (Å²) < 4.78 is 0. The van der Waals surface area contributed by atoms with Gasteiger partial charge in [-0.25, -0.2) is 0 Å². The molecule has 2 rings (SSSR count). The van der Waals surface area contributed by atoms with Crippen molar-refractivity contribution >= 4 is 0 Å². The molecule has 1 atom stereocenters. The van der Waals surface area contributed by atoms with Crippen LogP contribution < -0.4 is 5.73 Å². The van der Waals surface area contributed by atoms with Crippen LogP contribution in [0.3, 0.4) is 0 Å². The Bertz CT molecular complexity index is 322. The third-order valence-electron chi connectivity index (χ3n) is 3.25. The number of rotatable bonds is 3. The lowest BCUT2D eigenvalue weighted by Crippen LogP contribution is -2.13. The van der Waals surface area contributed by atoms with Crippen molar-refractivity contribution in [3.8, 4) is 0 Å². The molecule has 1 aliphatic rings. The molecule has 0 saturated carbocycles. The highest BCUT2D eigenvalue weighted by Gasteiger charge is 2.20. The van der Waals surface area contributed by atoms with E-state index in [-0.39, 0.29) is 0 Å². The molecule has 1 aromatic carbocycles. The van der Waals surface area contributed by atoms with E-state index in [0.717, 1.165) is 18.9 Å². The molecular formula is C13H20N2. The molecule has 2 heteroatoms. The Balaban J connectivity index is 2.10. The maximum Gasteiger partial charge on any atom is 0.00477 e. The summed E-state index contributed by atoms with van der Waals surface area (Å²) in [4.78, 5) is 2.40. The highest BCUT2D eigenvalue weighted by Crippen LogP contribution is 2.26. The fraction of sp³-hybridized carbons (Fsp3) is 0.538. The third kappa shape index (κ3) is 2.58. The first kappa shape index (κ1) is 10.7. The van der Waals surface area contributed by atoms with Gasteiger partial charge in [-0.3, -0.25) is 0 Å². The number of hydrogen-bond acceptors (Lipinski definition) is 2. The molecule has 0 spiro atoms. The van der Waals surface area contributed by atoms with Gasteiger partial charge in [-0.2, -0.15) is 0 Å². The Morgan fingerprint density at radius 2 is 2.33 bits per heavy atom. The van der Waals surface area contributed by atoms with E-state index in [4.69, 9.17) is 5.73 Å². The van der Waals surface area contributed by atoms with E-state index >= 15 is 0 Å². The van der Waals surface area contributed by atoms with Crippen molar-refractivity contribution in [3.63, 3.8) is 0 Å². The average molecular weight is 204 g/mol. The fourth-order valence-electron chi connectivity index (χ4n) is 2.38. The summed E-state index contributed by atoms with van der Waals surface area (Å²) in [5.74, 6) is 0.729. The van der Waals surface area contributed by atoms with E-state index in [2.05, 4.69) is 36.2 Å². The standard InChI is InChI=1S/C13H20N2/c1-15-8-6-13(10-15)12-4-2-3-11(9-12)5-7-14/h2-4,9,13H,5-8,10,14H2,1H3. The van der Waals surface area contributed by atoms with E-state index in [1.807, 2.05) is 0 Å². The van der Waals surface area contributed by atoms with Gasteiger partial charge in [0.05, 0.1) is 0 Å². The van der Waals surface area contributed by atoms with Gasteiger partial charge in [0.2, 0.25) is 0 Å². The Kier molecular flexibility index (Phi) is 3.39. The summed E-state index contributed by atoms with van der Waals surface area (Å²) in [7, 11) is 2.20. The van der Waals surface area contributed by atoms with Crippen LogP contribution in [0, 0.1) is 0 Å². The van der Waals surface area contributed by atoms with E-state index in [0.29, 0.717) is 0 Å². The van der Waals surface area contributed by atoms with Crippen molar-refractivity contribution in [3.05, 3.63) is 35.4 Å². The van der Waals surface area contributed by atoms with Crippen molar-refractivity contribution < 1.29 is 0 Å². The van der Waals surface area contributed by atoms with Crippen molar-refractivity contribution in [1.82, 2.24) is 4.90 Å². The highest BCUT2D eigenvalue weighted by molar-refractivity contribution is 5.27. The lowest BCUT2D eigenvalue weighted by Gasteiger charge is -2.12. The number of likely N-dealkylation sites (N-methyl/N-ethyl adjacent to an activating group) is 1. The minimum absolute atomic E-state index is 0.729. The smallest absolute Gasteiger partial charge is 0.00477 e. The van der Waals surface area contributed by atoms with Crippen molar-refractivity contribution in [2.75, 3.05) is 26.7 Å². The van der Waals surface area contributed by atoms with Crippen LogP contribution in [-0.4, -0.2) is 31.6 Å². The zero-order valence-electron chi connectivity index (χ0n) is 9.45. The molecule has 1 aliphatic heterocycles.